The van der Waals surface area contributed by atoms with Crippen molar-refractivity contribution in [3.63, 3.8) is 0 Å². The first kappa shape index (κ1) is 14.7. The molecular formula is C16H25N3O. The molecule has 20 heavy (non-hydrogen) atoms. The summed E-state index contributed by atoms with van der Waals surface area (Å²) in [6.07, 6.45) is 2.44. The highest BCUT2D eigenvalue weighted by atomic mass is 16.2. The van der Waals surface area contributed by atoms with E-state index in [1.807, 2.05) is 12.1 Å². The Balaban J connectivity index is 2.12. The highest BCUT2D eigenvalue weighted by Gasteiger charge is 2.29. The molecule has 2 rings (SSSR count). The van der Waals surface area contributed by atoms with Crippen molar-refractivity contribution >= 4 is 17.3 Å². The largest absolute Gasteiger partial charge is 0.397 e. The summed E-state index contributed by atoms with van der Waals surface area (Å²) in [6.45, 7) is 4.59. The van der Waals surface area contributed by atoms with Crippen molar-refractivity contribution in [1.82, 2.24) is 4.90 Å². The zero-order valence-corrected chi connectivity index (χ0v) is 12.8. The van der Waals surface area contributed by atoms with E-state index in [2.05, 4.69) is 19.2 Å². The number of benzene rings is 1. The number of nitrogens with zero attached hydrogens (tertiary/aromatic N) is 1. The fourth-order valence-electron chi connectivity index (χ4n) is 2.85. The Kier molecular flexibility index (Phi) is 4.21. The molecule has 1 aliphatic carbocycles. The summed E-state index contributed by atoms with van der Waals surface area (Å²) in [7, 11) is 3.48. The van der Waals surface area contributed by atoms with Gasteiger partial charge in [0.25, 0.3) is 5.91 Å². The van der Waals surface area contributed by atoms with Gasteiger partial charge in [0.2, 0.25) is 0 Å². The second-order valence-corrected chi connectivity index (χ2v) is 6.17. The molecule has 1 fully saturated rings. The van der Waals surface area contributed by atoms with Crippen LogP contribution in [0.1, 0.15) is 37.0 Å². The van der Waals surface area contributed by atoms with E-state index in [0.717, 1.165) is 11.6 Å². The third-order valence-corrected chi connectivity index (χ3v) is 4.51. The molecule has 1 saturated carbocycles. The minimum absolute atomic E-state index is 0.0221. The lowest BCUT2D eigenvalue weighted by Gasteiger charge is -2.22. The Labute approximate surface area is 121 Å². The lowest BCUT2D eigenvalue weighted by atomic mass is 9.97. The first-order valence-corrected chi connectivity index (χ1v) is 7.28. The second-order valence-electron chi connectivity index (χ2n) is 6.17. The number of hydrogen-bond donors (Lipinski definition) is 2. The van der Waals surface area contributed by atoms with Crippen LogP contribution in [-0.2, 0) is 0 Å². The van der Waals surface area contributed by atoms with Gasteiger partial charge in [0.15, 0.2) is 0 Å². The van der Waals surface area contributed by atoms with Crippen LogP contribution in [0.15, 0.2) is 18.2 Å². The molecule has 110 valence electrons. The van der Waals surface area contributed by atoms with Crippen LogP contribution in [0.5, 0.6) is 0 Å². The van der Waals surface area contributed by atoms with Crippen LogP contribution in [0.2, 0.25) is 0 Å². The molecule has 3 N–H and O–H groups in total. The van der Waals surface area contributed by atoms with E-state index in [1.165, 1.54) is 12.8 Å². The van der Waals surface area contributed by atoms with Gasteiger partial charge in [-0.3, -0.25) is 4.79 Å². The molecule has 3 unspecified atom stereocenters. The SMILES string of the molecule is CC1CCC(Nc2ccc(C(=O)N(C)C)cc2N)C1C. The van der Waals surface area contributed by atoms with Gasteiger partial charge in [-0.05, 0) is 42.9 Å². The van der Waals surface area contributed by atoms with E-state index < -0.39 is 0 Å². The van der Waals surface area contributed by atoms with Crippen LogP contribution in [0.25, 0.3) is 0 Å². The van der Waals surface area contributed by atoms with Gasteiger partial charge >= 0.3 is 0 Å². The average molecular weight is 275 g/mol. The Morgan fingerprint density at radius 1 is 1.30 bits per heavy atom. The standard InChI is InChI=1S/C16H25N3O/c1-10-5-7-14(11(10)2)18-15-8-6-12(9-13(15)17)16(20)19(3)4/h6,8-11,14,18H,5,7,17H2,1-4H3. The molecular weight excluding hydrogens is 250 g/mol. The predicted molar refractivity (Wildman–Crippen MR) is 83.8 cm³/mol. The van der Waals surface area contributed by atoms with Gasteiger partial charge in [0, 0.05) is 25.7 Å². The van der Waals surface area contributed by atoms with Gasteiger partial charge < -0.3 is 16.0 Å². The molecule has 0 radical (unpaired) electrons. The number of anilines is 2. The first-order chi connectivity index (χ1) is 9.40. The highest BCUT2D eigenvalue weighted by molar-refractivity contribution is 5.95. The molecule has 0 aliphatic heterocycles. The maximum Gasteiger partial charge on any atom is 0.253 e. The summed E-state index contributed by atoms with van der Waals surface area (Å²) < 4.78 is 0. The summed E-state index contributed by atoms with van der Waals surface area (Å²) in [5, 5.41) is 3.53. The van der Waals surface area contributed by atoms with E-state index in [9.17, 15) is 4.79 Å². The predicted octanol–water partition coefficient (Wildman–Crippen LogP) is 2.82. The zero-order valence-electron chi connectivity index (χ0n) is 12.8. The number of hydrogen-bond acceptors (Lipinski definition) is 3. The number of carbonyl (C=O) groups excluding carboxylic acids is 1. The van der Waals surface area contributed by atoms with Gasteiger partial charge in [0.1, 0.15) is 0 Å². The monoisotopic (exact) mass is 275 g/mol. The van der Waals surface area contributed by atoms with Crippen molar-refractivity contribution < 1.29 is 4.79 Å². The van der Waals surface area contributed by atoms with Crippen molar-refractivity contribution in [3.05, 3.63) is 23.8 Å². The van der Waals surface area contributed by atoms with Gasteiger partial charge in [0.05, 0.1) is 11.4 Å². The Bertz CT molecular complexity index is 498. The molecule has 1 aliphatic rings. The fraction of sp³-hybridized carbons (Fsp3) is 0.562. The number of nitrogen functional groups attached to an aromatic ring is 1. The normalized spacial score (nSPS) is 25.5. The third-order valence-electron chi connectivity index (χ3n) is 4.51. The van der Waals surface area contributed by atoms with Crippen LogP contribution in [0, 0.1) is 11.8 Å². The Hall–Kier alpha value is -1.71. The molecule has 0 bridgehead atoms. The molecule has 4 heteroatoms. The Morgan fingerprint density at radius 2 is 2.00 bits per heavy atom. The maximum absolute atomic E-state index is 11.9. The molecule has 0 saturated heterocycles. The molecule has 0 aromatic heterocycles. The summed E-state index contributed by atoms with van der Waals surface area (Å²) >= 11 is 0. The van der Waals surface area contributed by atoms with Crippen LogP contribution < -0.4 is 11.1 Å². The van der Waals surface area contributed by atoms with Crippen LogP contribution >= 0.6 is 0 Å². The van der Waals surface area contributed by atoms with Gasteiger partial charge in [-0.1, -0.05) is 13.8 Å². The second kappa shape index (κ2) is 5.73. The number of nitrogens with two attached hydrogens (primary N) is 1. The number of nitrogens with one attached hydrogen (secondary N) is 1. The van der Waals surface area contributed by atoms with Crippen molar-refractivity contribution in [2.45, 2.75) is 32.7 Å². The Morgan fingerprint density at radius 3 is 2.50 bits per heavy atom. The molecule has 1 aromatic carbocycles. The number of amides is 1. The van der Waals surface area contributed by atoms with E-state index in [4.69, 9.17) is 5.73 Å². The molecule has 0 spiro atoms. The molecule has 1 amide bonds. The highest BCUT2D eigenvalue weighted by Crippen LogP contribution is 2.34. The van der Waals surface area contributed by atoms with Crippen LogP contribution in [0.4, 0.5) is 11.4 Å². The topological polar surface area (TPSA) is 58.4 Å². The summed E-state index contributed by atoms with van der Waals surface area (Å²) in [5.74, 6) is 1.38. The zero-order chi connectivity index (χ0) is 14.9. The van der Waals surface area contributed by atoms with Crippen LogP contribution in [0.3, 0.4) is 0 Å². The van der Waals surface area contributed by atoms with Crippen molar-refractivity contribution in [2.75, 3.05) is 25.1 Å². The van der Waals surface area contributed by atoms with E-state index in [1.54, 1.807) is 25.1 Å². The van der Waals surface area contributed by atoms with Crippen molar-refractivity contribution in [1.29, 1.82) is 0 Å². The maximum atomic E-state index is 11.9. The summed E-state index contributed by atoms with van der Waals surface area (Å²) in [6, 6.07) is 5.99. The number of rotatable bonds is 3. The van der Waals surface area contributed by atoms with Crippen molar-refractivity contribution in [3.8, 4) is 0 Å². The van der Waals surface area contributed by atoms with Gasteiger partial charge in [-0.2, -0.15) is 0 Å². The summed E-state index contributed by atoms with van der Waals surface area (Å²) in [4.78, 5) is 13.5. The average Bonchev–Trinajstić information content (AvgIpc) is 2.72. The number of carbonyl (C=O) groups is 1. The fourth-order valence-corrected chi connectivity index (χ4v) is 2.85. The van der Waals surface area contributed by atoms with E-state index >= 15 is 0 Å². The molecule has 3 atom stereocenters. The van der Waals surface area contributed by atoms with Crippen molar-refractivity contribution in [2.24, 2.45) is 11.8 Å². The minimum Gasteiger partial charge on any atom is -0.397 e. The van der Waals surface area contributed by atoms with E-state index in [-0.39, 0.29) is 5.91 Å². The van der Waals surface area contributed by atoms with E-state index in [0.29, 0.717) is 23.2 Å². The molecule has 4 nitrogen and oxygen atoms in total. The third kappa shape index (κ3) is 2.89. The van der Waals surface area contributed by atoms with Crippen LogP contribution in [-0.4, -0.2) is 30.9 Å². The van der Waals surface area contributed by atoms with Gasteiger partial charge in [-0.15, -0.1) is 0 Å². The minimum atomic E-state index is -0.0221. The lowest BCUT2D eigenvalue weighted by Crippen LogP contribution is -2.25. The summed E-state index contributed by atoms with van der Waals surface area (Å²) in [5.41, 5.74) is 8.29. The molecule has 1 aromatic rings. The quantitative estimate of drug-likeness (QED) is 0.834. The first-order valence-electron chi connectivity index (χ1n) is 7.28. The smallest absolute Gasteiger partial charge is 0.253 e. The van der Waals surface area contributed by atoms with Gasteiger partial charge in [-0.25, -0.2) is 0 Å². The lowest BCUT2D eigenvalue weighted by molar-refractivity contribution is 0.0827. The molecule has 0 heterocycles.